The van der Waals surface area contributed by atoms with E-state index < -0.39 is 17.1 Å². The van der Waals surface area contributed by atoms with Crippen LogP contribution in [0.15, 0.2) is 150 Å². The van der Waals surface area contributed by atoms with Gasteiger partial charge in [0.2, 0.25) is 0 Å². The van der Waals surface area contributed by atoms with Crippen LogP contribution in [0.5, 0.6) is 0 Å². The van der Waals surface area contributed by atoms with E-state index >= 15 is 0 Å². The SMILES string of the molecule is Cc1ccc(-c2nc(CP(O[Cl+3]([O-])([O-])[O-])(c3ccccc3)(c3ccccc3)c3ccccc3)c(-c3ccccc3)o2)cc1. The van der Waals surface area contributed by atoms with Crippen molar-refractivity contribution in [3.05, 3.63) is 157 Å². The van der Waals surface area contributed by atoms with Gasteiger partial charge in [0.05, 0.1) is 0 Å². The Morgan fingerprint density at radius 2 is 1.05 bits per heavy atom. The first-order valence-corrected chi connectivity index (χ1v) is 17.3. The van der Waals surface area contributed by atoms with E-state index in [-0.39, 0.29) is 6.16 Å². The van der Waals surface area contributed by atoms with Crippen LogP contribution < -0.4 is 29.9 Å². The molecule has 0 unspecified atom stereocenters. The molecule has 216 valence electrons. The Hall–Kier alpha value is -4.13. The average Bonchev–Trinajstić information content (AvgIpc) is 3.45. The van der Waals surface area contributed by atoms with Crippen LogP contribution in [0.3, 0.4) is 0 Å². The van der Waals surface area contributed by atoms with Crippen LogP contribution in [0.2, 0.25) is 0 Å². The van der Waals surface area contributed by atoms with Gasteiger partial charge in [-0.3, -0.25) is 0 Å². The number of nitrogens with zero attached hydrogens (tertiary/aromatic N) is 1. The van der Waals surface area contributed by atoms with Crippen LogP contribution >= 0.6 is 6.83 Å². The summed E-state index contributed by atoms with van der Waals surface area (Å²) in [7, 11) is -4.94. The minimum absolute atomic E-state index is 0.0578. The number of hydrogen-bond donors (Lipinski definition) is 0. The van der Waals surface area contributed by atoms with Crippen molar-refractivity contribution in [2.24, 2.45) is 0 Å². The Bertz CT molecular complexity index is 1710. The summed E-state index contributed by atoms with van der Waals surface area (Å²) in [5.74, 6) is 0.846. The topological polar surface area (TPSA) is 104 Å². The summed E-state index contributed by atoms with van der Waals surface area (Å²) >= 11 is 0. The third-order valence-electron chi connectivity index (χ3n) is 7.63. The molecule has 8 heteroatoms. The van der Waals surface area contributed by atoms with Crippen molar-refractivity contribution in [2.75, 3.05) is 0 Å². The third kappa shape index (κ3) is 5.41. The van der Waals surface area contributed by atoms with Gasteiger partial charge < -0.3 is 0 Å². The quantitative estimate of drug-likeness (QED) is 0.228. The van der Waals surface area contributed by atoms with Gasteiger partial charge in [0, 0.05) is 0 Å². The Morgan fingerprint density at radius 1 is 0.605 bits per heavy atom. The predicted molar refractivity (Wildman–Crippen MR) is 162 cm³/mol. The summed E-state index contributed by atoms with van der Waals surface area (Å²) in [6.45, 7) is -2.68. The summed E-state index contributed by atoms with van der Waals surface area (Å²) in [4.78, 5) is 5.01. The third-order valence-corrected chi connectivity index (χ3v) is 14.6. The van der Waals surface area contributed by atoms with Gasteiger partial charge in [0.1, 0.15) is 0 Å². The number of aromatic nitrogens is 1. The molecule has 1 heterocycles. The van der Waals surface area contributed by atoms with Gasteiger partial charge in [-0.25, -0.2) is 0 Å². The van der Waals surface area contributed by atoms with E-state index in [1.54, 1.807) is 0 Å². The minimum atomic E-state index is -4.94. The van der Waals surface area contributed by atoms with Gasteiger partial charge in [-0.05, 0) is 0 Å². The van der Waals surface area contributed by atoms with Crippen molar-refractivity contribution in [3.63, 3.8) is 0 Å². The van der Waals surface area contributed by atoms with E-state index in [1.807, 2.05) is 153 Å². The normalized spacial score (nSPS) is 12.9. The van der Waals surface area contributed by atoms with Crippen molar-refractivity contribution in [1.82, 2.24) is 4.98 Å². The van der Waals surface area contributed by atoms with Gasteiger partial charge in [0.25, 0.3) is 0 Å². The number of aryl methyl sites for hydroxylation is 1. The molecule has 43 heavy (non-hydrogen) atoms. The Morgan fingerprint density at radius 3 is 1.49 bits per heavy atom. The van der Waals surface area contributed by atoms with Crippen LogP contribution in [0, 0.1) is 17.2 Å². The molecule has 0 aliphatic carbocycles. The van der Waals surface area contributed by atoms with Crippen molar-refractivity contribution in [1.29, 1.82) is 0 Å². The first kappa shape index (κ1) is 29.0. The van der Waals surface area contributed by atoms with Crippen molar-refractivity contribution in [2.45, 2.75) is 13.1 Å². The first-order chi connectivity index (χ1) is 20.8. The second kappa shape index (κ2) is 11.5. The number of oxazole rings is 1. The van der Waals surface area contributed by atoms with Crippen LogP contribution in [-0.4, -0.2) is 4.98 Å². The molecule has 0 amide bonds. The summed E-state index contributed by atoms with van der Waals surface area (Å²) < 4.78 is 51.5. The molecule has 6 aromatic rings. The second-order valence-electron chi connectivity index (χ2n) is 10.4. The Balaban J connectivity index is 1.73. The molecule has 0 bridgehead atoms. The van der Waals surface area contributed by atoms with E-state index in [4.69, 9.17) is 13.5 Å². The summed E-state index contributed by atoms with van der Waals surface area (Å²) in [6, 6.07) is 44.7. The molecule has 0 spiro atoms. The summed E-state index contributed by atoms with van der Waals surface area (Å²) in [5.41, 5.74) is 3.09. The van der Waals surface area contributed by atoms with Gasteiger partial charge in [-0.15, -0.1) is 0 Å². The zero-order valence-electron chi connectivity index (χ0n) is 23.4. The van der Waals surface area contributed by atoms with Gasteiger partial charge in [0.15, 0.2) is 0 Å². The standard InChI is InChI=1S/C35H29ClNO5P/c1-27-22-24-29(25-23-27)35-37-33(34(41-35)28-14-6-2-7-15-28)26-43(42-36(38,39)40,30-16-8-3-9-17-30,31-18-10-4-11-19-31)32-20-12-5-13-21-32/h2-25H,26H2,1H3. The number of benzene rings is 5. The molecule has 0 N–H and O–H groups in total. The molecule has 0 radical (unpaired) electrons. The first-order valence-electron chi connectivity index (χ1n) is 13.7. The zero-order valence-corrected chi connectivity index (χ0v) is 25.0. The molecule has 1 aromatic heterocycles. The molecule has 0 saturated carbocycles. The maximum atomic E-state index is 13.0. The van der Waals surface area contributed by atoms with Gasteiger partial charge in [-0.1, -0.05) is 0 Å². The molecule has 0 aliphatic heterocycles. The fraction of sp³-hybridized carbons (Fsp3) is 0.0571. The number of halogens is 1. The van der Waals surface area contributed by atoms with Gasteiger partial charge in [-0.2, -0.15) is 0 Å². The predicted octanol–water partition coefficient (Wildman–Crippen LogP) is 4.18. The monoisotopic (exact) mass is 609 g/mol. The van der Waals surface area contributed by atoms with Crippen LogP contribution in [0.25, 0.3) is 22.8 Å². The van der Waals surface area contributed by atoms with E-state index in [1.165, 1.54) is 0 Å². The summed E-state index contributed by atoms with van der Waals surface area (Å²) in [5, 5.41) is 1.70. The second-order valence-corrected chi connectivity index (χ2v) is 16.0. The fourth-order valence-corrected chi connectivity index (χ4v) is 12.9. The van der Waals surface area contributed by atoms with E-state index in [0.717, 1.165) is 16.7 Å². The van der Waals surface area contributed by atoms with Crippen LogP contribution in [0.4, 0.5) is 0 Å². The number of rotatable bonds is 9. The number of hydrogen-bond acceptors (Lipinski definition) is 6. The van der Waals surface area contributed by atoms with E-state index in [2.05, 4.69) is 0 Å². The van der Waals surface area contributed by atoms with E-state index in [9.17, 15) is 14.0 Å². The average molecular weight is 610 g/mol. The molecular formula is C35H29ClNO5P. The van der Waals surface area contributed by atoms with Crippen molar-refractivity contribution < 1.29 is 32.7 Å². The zero-order chi connectivity index (χ0) is 29.9. The molecular weight excluding hydrogens is 581 g/mol. The van der Waals surface area contributed by atoms with Crippen LogP contribution in [-0.2, 0) is 10.2 Å². The maximum absolute atomic E-state index is 13.0. The molecule has 0 fully saturated rings. The fourth-order valence-electron chi connectivity index (χ4n) is 5.66. The Kier molecular flexibility index (Phi) is 7.75. The molecule has 0 aliphatic rings. The van der Waals surface area contributed by atoms with Gasteiger partial charge >= 0.3 is 253 Å². The van der Waals surface area contributed by atoms with Crippen molar-refractivity contribution >= 4 is 22.7 Å². The molecule has 0 atom stereocenters. The van der Waals surface area contributed by atoms with Crippen LogP contribution in [0.1, 0.15) is 11.3 Å². The molecule has 0 saturated heterocycles. The molecule has 6 nitrogen and oxygen atoms in total. The Labute approximate surface area is 252 Å². The van der Waals surface area contributed by atoms with Crippen molar-refractivity contribution in [3.8, 4) is 22.8 Å². The summed E-state index contributed by atoms with van der Waals surface area (Å²) in [6.07, 6.45) is -0.0578. The molecule has 6 rings (SSSR count). The molecule has 5 aromatic carbocycles. The van der Waals surface area contributed by atoms with E-state index in [0.29, 0.717) is 33.3 Å².